The summed E-state index contributed by atoms with van der Waals surface area (Å²) < 4.78 is 11.3. The molecule has 0 spiro atoms. The fourth-order valence-electron chi connectivity index (χ4n) is 3.21. The van der Waals surface area contributed by atoms with E-state index in [9.17, 15) is 9.90 Å². The summed E-state index contributed by atoms with van der Waals surface area (Å²) in [6, 6.07) is 15.0. The number of hydrogen-bond acceptors (Lipinski definition) is 6. The van der Waals surface area contributed by atoms with Gasteiger partial charge in [-0.15, -0.1) is 5.10 Å². The molecule has 0 aliphatic heterocycles. The zero-order valence-corrected chi connectivity index (χ0v) is 22.8. The summed E-state index contributed by atoms with van der Waals surface area (Å²) >= 11 is 25.4. The molecule has 37 heavy (non-hydrogen) atoms. The quantitative estimate of drug-likeness (QED) is 0.150. The SMILES string of the molecule is COc1ccc(Cl)cc1-c1nc(S/C(=C\c2cc(Cl)ccc2OCc2ccc(Cl)cc2Cl)C(=O)O)n[nH]1. The van der Waals surface area contributed by atoms with Crippen molar-refractivity contribution in [1.29, 1.82) is 0 Å². The standard InChI is InChI=1S/C25H17Cl4N3O4S/c1-35-21-7-5-16(27)10-18(21)23-30-25(32-31-23)37-22(24(33)34)9-14-8-15(26)4-6-20(14)36-12-13-2-3-17(28)11-19(13)29/h2-11H,12H2,1H3,(H,33,34)(H,30,31,32)/b22-9-. The molecular formula is C25H17Cl4N3O4S. The Morgan fingerprint density at radius 3 is 2.38 bits per heavy atom. The average molecular weight is 597 g/mol. The number of aromatic amines is 1. The van der Waals surface area contributed by atoms with Crippen molar-refractivity contribution < 1.29 is 19.4 Å². The first-order valence-corrected chi connectivity index (χ1v) is 12.8. The summed E-state index contributed by atoms with van der Waals surface area (Å²) in [4.78, 5) is 16.4. The Morgan fingerprint density at radius 2 is 1.68 bits per heavy atom. The normalized spacial score (nSPS) is 11.4. The second-order valence-corrected chi connectivity index (χ2v) is 10.2. The number of rotatable bonds is 9. The van der Waals surface area contributed by atoms with Crippen molar-refractivity contribution in [3.05, 3.63) is 90.7 Å². The monoisotopic (exact) mass is 595 g/mol. The lowest BCUT2D eigenvalue weighted by atomic mass is 10.2. The van der Waals surface area contributed by atoms with Crippen LogP contribution in [0.4, 0.5) is 0 Å². The zero-order chi connectivity index (χ0) is 26.5. The van der Waals surface area contributed by atoms with Crippen molar-refractivity contribution in [3.8, 4) is 22.9 Å². The van der Waals surface area contributed by atoms with Gasteiger partial charge in [0, 0.05) is 31.2 Å². The third-order valence-corrected chi connectivity index (χ3v) is 6.88. The smallest absolute Gasteiger partial charge is 0.342 e. The summed E-state index contributed by atoms with van der Waals surface area (Å²) in [5, 5.41) is 18.8. The fraction of sp³-hybridized carbons (Fsp3) is 0.0800. The van der Waals surface area contributed by atoms with Crippen LogP contribution in [-0.4, -0.2) is 33.4 Å². The van der Waals surface area contributed by atoms with Gasteiger partial charge in [0.25, 0.3) is 0 Å². The molecule has 0 atom stereocenters. The molecule has 1 aromatic heterocycles. The molecular weight excluding hydrogens is 580 g/mol. The maximum Gasteiger partial charge on any atom is 0.342 e. The summed E-state index contributed by atoms with van der Waals surface area (Å²) in [7, 11) is 1.52. The molecule has 3 aromatic carbocycles. The molecule has 0 amide bonds. The van der Waals surface area contributed by atoms with E-state index >= 15 is 0 Å². The number of nitrogens with one attached hydrogen (secondary N) is 1. The molecule has 12 heteroatoms. The Bertz CT molecular complexity index is 1490. The topological polar surface area (TPSA) is 97.3 Å². The van der Waals surface area contributed by atoms with E-state index in [1.54, 1.807) is 54.6 Å². The lowest BCUT2D eigenvalue weighted by Gasteiger charge is -2.12. The molecule has 0 fully saturated rings. The number of aliphatic carboxylic acids is 1. The highest BCUT2D eigenvalue weighted by molar-refractivity contribution is 8.04. The van der Waals surface area contributed by atoms with Crippen molar-refractivity contribution in [3.63, 3.8) is 0 Å². The molecule has 4 aromatic rings. The van der Waals surface area contributed by atoms with Crippen LogP contribution in [0.15, 0.2) is 64.7 Å². The molecule has 4 rings (SSSR count). The van der Waals surface area contributed by atoms with Crippen LogP contribution in [0.25, 0.3) is 17.5 Å². The van der Waals surface area contributed by atoms with Gasteiger partial charge in [-0.25, -0.2) is 9.78 Å². The van der Waals surface area contributed by atoms with E-state index in [0.717, 1.165) is 11.8 Å². The number of methoxy groups -OCH3 is 1. The number of carboxylic acid groups (broad SMARTS) is 1. The van der Waals surface area contributed by atoms with Gasteiger partial charge in [-0.1, -0.05) is 52.5 Å². The Hall–Kier alpha value is -2.88. The third kappa shape index (κ3) is 6.91. The first-order valence-electron chi connectivity index (χ1n) is 10.5. The van der Waals surface area contributed by atoms with E-state index in [4.69, 9.17) is 55.9 Å². The number of carbonyl (C=O) groups is 1. The summed E-state index contributed by atoms with van der Waals surface area (Å²) in [6.45, 7) is 0.139. The first-order chi connectivity index (χ1) is 17.7. The zero-order valence-electron chi connectivity index (χ0n) is 19.0. The van der Waals surface area contributed by atoms with Crippen LogP contribution in [0.3, 0.4) is 0 Å². The van der Waals surface area contributed by atoms with E-state index in [1.165, 1.54) is 13.2 Å². The van der Waals surface area contributed by atoms with Crippen LogP contribution in [-0.2, 0) is 11.4 Å². The van der Waals surface area contributed by atoms with E-state index in [2.05, 4.69) is 15.2 Å². The van der Waals surface area contributed by atoms with E-state index < -0.39 is 5.97 Å². The molecule has 190 valence electrons. The maximum absolute atomic E-state index is 12.1. The van der Waals surface area contributed by atoms with E-state index in [1.807, 2.05) is 0 Å². The van der Waals surface area contributed by atoms with E-state index in [0.29, 0.717) is 54.1 Å². The fourth-order valence-corrected chi connectivity index (χ4v) is 4.72. The molecule has 0 bridgehead atoms. The van der Waals surface area contributed by atoms with Crippen LogP contribution in [0.1, 0.15) is 11.1 Å². The number of ether oxygens (including phenoxy) is 2. The molecule has 7 nitrogen and oxygen atoms in total. The Kier molecular flexibility index (Phi) is 8.89. The minimum atomic E-state index is -1.18. The molecule has 0 aliphatic carbocycles. The summed E-state index contributed by atoms with van der Waals surface area (Å²) in [5.74, 6) is 0.142. The predicted octanol–water partition coefficient (Wildman–Crippen LogP) is 7.89. The van der Waals surface area contributed by atoms with Crippen LogP contribution < -0.4 is 9.47 Å². The molecule has 0 saturated carbocycles. The van der Waals surface area contributed by atoms with Crippen LogP contribution in [0.5, 0.6) is 11.5 Å². The number of aromatic nitrogens is 3. The predicted molar refractivity (Wildman–Crippen MR) is 147 cm³/mol. The molecule has 2 N–H and O–H groups in total. The van der Waals surface area contributed by atoms with Crippen molar-refractivity contribution in [2.24, 2.45) is 0 Å². The van der Waals surface area contributed by atoms with Gasteiger partial charge in [-0.05, 0) is 66.4 Å². The first kappa shape index (κ1) is 27.2. The lowest BCUT2D eigenvalue weighted by molar-refractivity contribution is -0.131. The summed E-state index contributed by atoms with van der Waals surface area (Å²) in [5.41, 5.74) is 1.75. The van der Waals surface area contributed by atoms with Gasteiger partial charge >= 0.3 is 5.97 Å². The van der Waals surface area contributed by atoms with Gasteiger partial charge in [0.2, 0.25) is 5.16 Å². The Morgan fingerprint density at radius 1 is 1.00 bits per heavy atom. The molecule has 0 saturated heterocycles. The van der Waals surface area contributed by atoms with Gasteiger partial charge in [0.05, 0.1) is 12.7 Å². The Labute approximate surface area is 236 Å². The van der Waals surface area contributed by atoms with Gasteiger partial charge < -0.3 is 14.6 Å². The number of H-pyrrole nitrogens is 1. The Balaban J connectivity index is 1.60. The van der Waals surface area contributed by atoms with Gasteiger partial charge in [0.1, 0.15) is 23.0 Å². The highest BCUT2D eigenvalue weighted by Gasteiger charge is 2.18. The largest absolute Gasteiger partial charge is 0.496 e. The number of hydrogen-bond donors (Lipinski definition) is 2. The summed E-state index contributed by atoms with van der Waals surface area (Å²) in [6.07, 6.45) is 1.44. The second kappa shape index (κ2) is 12.1. The highest BCUT2D eigenvalue weighted by Crippen LogP contribution is 2.34. The number of carboxylic acids is 1. The van der Waals surface area contributed by atoms with Crippen LogP contribution in [0.2, 0.25) is 20.1 Å². The maximum atomic E-state index is 12.1. The number of benzene rings is 3. The van der Waals surface area contributed by atoms with Gasteiger partial charge in [-0.2, -0.15) is 0 Å². The van der Waals surface area contributed by atoms with Crippen molar-refractivity contribution in [2.45, 2.75) is 11.8 Å². The molecule has 0 unspecified atom stereocenters. The third-order valence-electron chi connectivity index (χ3n) is 4.95. The van der Waals surface area contributed by atoms with Crippen LogP contribution in [0, 0.1) is 0 Å². The van der Waals surface area contributed by atoms with Crippen LogP contribution >= 0.6 is 58.2 Å². The highest BCUT2D eigenvalue weighted by atomic mass is 35.5. The molecule has 0 aliphatic rings. The minimum absolute atomic E-state index is 0.0553. The average Bonchev–Trinajstić information content (AvgIpc) is 3.32. The number of halogens is 4. The van der Waals surface area contributed by atoms with Gasteiger partial charge in [-0.3, -0.25) is 5.10 Å². The van der Waals surface area contributed by atoms with Crippen molar-refractivity contribution in [1.82, 2.24) is 15.2 Å². The lowest BCUT2D eigenvalue weighted by Crippen LogP contribution is -2.00. The van der Waals surface area contributed by atoms with Gasteiger partial charge in [0.15, 0.2) is 5.82 Å². The molecule has 0 radical (unpaired) electrons. The molecule has 1 heterocycles. The number of thioether (sulfide) groups is 1. The number of nitrogens with zero attached hydrogens (tertiary/aromatic N) is 2. The minimum Gasteiger partial charge on any atom is -0.496 e. The van der Waals surface area contributed by atoms with Crippen molar-refractivity contribution >= 4 is 70.2 Å². The van der Waals surface area contributed by atoms with E-state index in [-0.39, 0.29) is 16.7 Å². The van der Waals surface area contributed by atoms with Crippen molar-refractivity contribution in [2.75, 3.05) is 7.11 Å². The second-order valence-electron chi connectivity index (χ2n) is 7.43.